The maximum absolute atomic E-state index is 12.1. The van der Waals surface area contributed by atoms with Crippen molar-refractivity contribution in [3.05, 3.63) is 69.0 Å². The fourth-order valence-electron chi connectivity index (χ4n) is 2.47. The molecule has 5 nitrogen and oxygen atoms in total. The van der Waals surface area contributed by atoms with Gasteiger partial charge in [0.2, 0.25) is 0 Å². The van der Waals surface area contributed by atoms with Gasteiger partial charge in [-0.15, -0.1) is 0 Å². The van der Waals surface area contributed by atoms with E-state index in [1.165, 1.54) is 12.1 Å². The summed E-state index contributed by atoms with van der Waals surface area (Å²) in [6.07, 6.45) is 0. The van der Waals surface area contributed by atoms with E-state index >= 15 is 0 Å². The van der Waals surface area contributed by atoms with Gasteiger partial charge in [-0.3, -0.25) is 4.79 Å². The van der Waals surface area contributed by atoms with Crippen LogP contribution in [0.5, 0.6) is 5.75 Å². The lowest BCUT2D eigenvalue weighted by atomic mass is 10.1. The van der Waals surface area contributed by atoms with Gasteiger partial charge in [-0.1, -0.05) is 29.8 Å². The van der Waals surface area contributed by atoms with E-state index < -0.39 is 5.63 Å². The number of nitrogens with one attached hydrogen (secondary N) is 1. The van der Waals surface area contributed by atoms with E-state index in [1.54, 1.807) is 13.0 Å². The Hall–Kier alpha value is -2.79. The molecule has 0 aliphatic rings. The number of para-hydroxylation sites is 1. The summed E-state index contributed by atoms with van der Waals surface area (Å²) in [4.78, 5) is 23.6. The lowest BCUT2D eigenvalue weighted by molar-refractivity contribution is -0.118. The van der Waals surface area contributed by atoms with Crippen LogP contribution >= 0.6 is 11.6 Å². The number of aryl methyl sites for hydroxylation is 2. The van der Waals surface area contributed by atoms with Crippen LogP contribution in [0.2, 0.25) is 5.02 Å². The van der Waals surface area contributed by atoms with Gasteiger partial charge in [0.15, 0.2) is 6.61 Å². The van der Waals surface area contributed by atoms with Crippen molar-refractivity contribution in [1.82, 2.24) is 0 Å². The number of carbonyl (C=O) groups is 1. The number of amides is 1. The fraction of sp³-hybridized carbons (Fsp3) is 0.158. The third-order valence-corrected chi connectivity index (χ3v) is 4.08. The Morgan fingerprint density at radius 2 is 1.92 bits per heavy atom. The van der Waals surface area contributed by atoms with E-state index in [9.17, 15) is 9.59 Å². The van der Waals surface area contributed by atoms with Gasteiger partial charge >= 0.3 is 5.63 Å². The molecule has 1 aromatic heterocycles. The summed E-state index contributed by atoms with van der Waals surface area (Å²) in [5.41, 5.74) is 2.36. The van der Waals surface area contributed by atoms with Crippen LogP contribution in [0.3, 0.4) is 0 Å². The monoisotopic (exact) mass is 357 g/mol. The lowest BCUT2D eigenvalue weighted by Gasteiger charge is -2.11. The van der Waals surface area contributed by atoms with E-state index in [0.717, 1.165) is 22.2 Å². The molecule has 0 spiro atoms. The van der Waals surface area contributed by atoms with E-state index in [1.807, 2.05) is 31.2 Å². The highest BCUT2D eigenvalue weighted by Crippen LogP contribution is 2.31. The molecule has 0 radical (unpaired) electrons. The van der Waals surface area contributed by atoms with Crippen molar-refractivity contribution in [1.29, 1.82) is 0 Å². The minimum atomic E-state index is -0.449. The van der Waals surface area contributed by atoms with Gasteiger partial charge in [-0.25, -0.2) is 4.79 Å². The van der Waals surface area contributed by atoms with Crippen molar-refractivity contribution in [2.45, 2.75) is 13.8 Å². The van der Waals surface area contributed by atoms with Gasteiger partial charge < -0.3 is 14.5 Å². The van der Waals surface area contributed by atoms with E-state index in [-0.39, 0.29) is 18.3 Å². The molecule has 0 bridgehead atoms. The second-order valence-corrected chi connectivity index (χ2v) is 6.09. The van der Waals surface area contributed by atoms with Crippen LogP contribution < -0.4 is 15.7 Å². The molecule has 0 saturated heterocycles. The Kier molecular flexibility index (Phi) is 4.76. The highest BCUT2D eigenvalue weighted by Gasteiger charge is 2.11. The molecule has 3 rings (SSSR count). The number of rotatable bonds is 4. The highest BCUT2D eigenvalue weighted by molar-refractivity contribution is 6.32. The first-order chi connectivity index (χ1) is 11.9. The van der Waals surface area contributed by atoms with Gasteiger partial charge in [0.1, 0.15) is 11.3 Å². The molecule has 1 heterocycles. The number of ether oxygens (including phenoxy) is 1. The summed E-state index contributed by atoms with van der Waals surface area (Å²) in [5, 5.41) is 3.84. The quantitative estimate of drug-likeness (QED) is 0.714. The van der Waals surface area contributed by atoms with Crippen molar-refractivity contribution < 1.29 is 13.9 Å². The maximum atomic E-state index is 12.1. The van der Waals surface area contributed by atoms with Crippen LogP contribution in [0.25, 0.3) is 11.0 Å². The average Bonchev–Trinajstić information content (AvgIpc) is 2.56. The van der Waals surface area contributed by atoms with Crippen LogP contribution in [0.15, 0.2) is 51.7 Å². The number of hydrogen-bond acceptors (Lipinski definition) is 4. The summed E-state index contributed by atoms with van der Waals surface area (Å²) in [7, 11) is 0. The number of benzene rings is 2. The van der Waals surface area contributed by atoms with Crippen molar-refractivity contribution in [3.63, 3.8) is 0 Å². The Labute approximate surface area is 149 Å². The third kappa shape index (κ3) is 3.83. The molecule has 128 valence electrons. The molecule has 0 fully saturated rings. The van der Waals surface area contributed by atoms with Crippen molar-refractivity contribution in [2.24, 2.45) is 0 Å². The SMILES string of the molecule is Cc1ccccc1NC(=O)COc1cc2oc(=O)cc(C)c2cc1Cl. The van der Waals surface area contributed by atoms with Gasteiger partial charge in [0.25, 0.3) is 5.91 Å². The molecule has 0 aliphatic heterocycles. The zero-order valence-electron chi connectivity index (χ0n) is 13.8. The van der Waals surface area contributed by atoms with E-state index in [0.29, 0.717) is 10.6 Å². The van der Waals surface area contributed by atoms with E-state index in [4.69, 9.17) is 20.8 Å². The first-order valence-electron chi connectivity index (χ1n) is 7.66. The third-order valence-electron chi connectivity index (χ3n) is 3.78. The Morgan fingerprint density at radius 1 is 1.16 bits per heavy atom. The summed E-state index contributed by atoms with van der Waals surface area (Å²) in [5.74, 6) is -0.0287. The number of halogens is 1. The normalized spacial score (nSPS) is 10.7. The van der Waals surface area contributed by atoms with E-state index in [2.05, 4.69) is 5.32 Å². The smallest absolute Gasteiger partial charge is 0.336 e. The summed E-state index contributed by atoms with van der Waals surface area (Å²) >= 11 is 6.21. The zero-order chi connectivity index (χ0) is 18.0. The molecule has 6 heteroatoms. The largest absolute Gasteiger partial charge is 0.482 e. The first kappa shape index (κ1) is 17.0. The number of anilines is 1. The van der Waals surface area contributed by atoms with Crippen LogP contribution in [0.1, 0.15) is 11.1 Å². The van der Waals surface area contributed by atoms with Crippen molar-refractivity contribution in [2.75, 3.05) is 11.9 Å². The molecule has 0 aliphatic carbocycles. The molecular formula is C19H16ClNO4. The lowest BCUT2D eigenvalue weighted by Crippen LogP contribution is -2.20. The predicted molar refractivity (Wildman–Crippen MR) is 97.5 cm³/mol. The Morgan fingerprint density at radius 3 is 2.68 bits per heavy atom. The average molecular weight is 358 g/mol. The minimum Gasteiger partial charge on any atom is -0.482 e. The topological polar surface area (TPSA) is 68.5 Å². The summed E-state index contributed by atoms with van der Waals surface area (Å²) in [6.45, 7) is 3.49. The zero-order valence-corrected chi connectivity index (χ0v) is 14.5. The molecular weight excluding hydrogens is 342 g/mol. The predicted octanol–water partition coefficient (Wildman–Crippen LogP) is 4.08. The molecule has 25 heavy (non-hydrogen) atoms. The van der Waals surface area contributed by atoms with Crippen molar-refractivity contribution >= 4 is 34.2 Å². The van der Waals surface area contributed by atoms with Gasteiger partial charge in [0.05, 0.1) is 5.02 Å². The molecule has 1 N–H and O–H groups in total. The number of carbonyl (C=O) groups excluding carboxylic acids is 1. The number of hydrogen-bond donors (Lipinski definition) is 1. The fourth-order valence-corrected chi connectivity index (χ4v) is 2.69. The second kappa shape index (κ2) is 6.99. The maximum Gasteiger partial charge on any atom is 0.336 e. The summed E-state index contributed by atoms with van der Waals surface area (Å²) < 4.78 is 10.7. The minimum absolute atomic E-state index is 0.213. The Balaban J connectivity index is 1.77. The van der Waals surface area contributed by atoms with Crippen LogP contribution in [0.4, 0.5) is 5.69 Å². The Bertz CT molecular complexity index is 1010. The molecule has 3 aromatic rings. The van der Waals surface area contributed by atoms with Crippen molar-refractivity contribution in [3.8, 4) is 5.75 Å². The first-order valence-corrected chi connectivity index (χ1v) is 8.04. The molecule has 0 atom stereocenters. The van der Waals surface area contributed by atoms with Crippen LogP contribution in [0, 0.1) is 13.8 Å². The molecule has 1 amide bonds. The summed E-state index contributed by atoms with van der Waals surface area (Å²) in [6, 6.07) is 12.0. The van der Waals surface area contributed by atoms with Gasteiger partial charge in [0, 0.05) is 23.2 Å². The molecule has 2 aromatic carbocycles. The van der Waals surface area contributed by atoms with Gasteiger partial charge in [-0.2, -0.15) is 0 Å². The number of fused-ring (bicyclic) bond motifs is 1. The highest BCUT2D eigenvalue weighted by atomic mass is 35.5. The van der Waals surface area contributed by atoms with Crippen LogP contribution in [-0.4, -0.2) is 12.5 Å². The standard InChI is InChI=1S/C19H16ClNO4/c1-11-5-3-4-6-15(11)21-18(22)10-24-17-9-16-13(8-14(17)20)12(2)7-19(23)25-16/h3-9H,10H2,1-2H3,(H,21,22). The molecule has 0 unspecified atom stereocenters. The van der Waals surface area contributed by atoms with Gasteiger partial charge in [-0.05, 0) is 37.1 Å². The second-order valence-electron chi connectivity index (χ2n) is 5.68. The molecule has 0 saturated carbocycles. The van der Waals surface area contributed by atoms with Crippen LogP contribution in [-0.2, 0) is 4.79 Å².